The fraction of sp³-hybridized carbons (Fsp3) is 0.667. The van der Waals surface area contributed by atoms with Gasteiger partial charge in [-0.1, -0.05) is 65.0 Å². The Hall–Kier alpha value is -0.860. The van der Waals surface area contributed by atoms with Crippen LogP contribution in [0.4, 0.5) is 0 Å². The van der Waals surface area contributed by atoms with Crippen molar-refractivity contribution in [3.63, 3.8) is 0 Å². The molecule has 0 aliphatic heterocycles. The Morgan fingerprint density at radius 1 is 1.05 bits per heavy atom. The minimum atomic E-state index is -0.00171. The topological polar surface area (TPSA) is 32.3 Å². The molecule has 0 saturated heterocycles. The summed E-state index contributed by atoms with van der Waals surface area (Å²) in [4.78, 5) is 0. The van der Waals surface area contributed by atoms with E-state index < -0.39 is 0 Å². The van der Waals surface area contributed by atoms with Crippen LogP contribution < -0.4 is 5.32 Å². The highest BCUT2D eigenvalue weighted by atomic mass is 16.3. The molecule has 20 heavy (non-hydrogen) atoms. The van der Waals surface area contributed by atoms with Crippen molar-refractivity contribution in [2.45, 2.75) is 53.5 Å². The van der Waals surface area contributed by atoms with Gasteiger partial charge in [-0.25, -0.2) is 0 Å². The third-order valence-corrected chi connectivity index (χ3v) is 4.52. The second-order valence-electron chi connectivity index (χ2n) is 6.96. The fourth-order valence-corrected chi connectivity index (χ4v) is 2.67. The van der Waals surface area contributed by atoms with Gasteiger partial charge in [0.05, 0.1) is 0 Å². The molecule has 0 heterocycles. The SMILES string of the molecule is CCC(CC)(CO)CNC(c1ccccc1)C(C)(C)C. The van der Waals surface area contributed by atoms with Gasteiger partial charge in [-0.2, -0.15) is 0 Å². The first-order chi connectivity index (χ1) is 9.38. The Balaban J connectivity index is 2.88. The Kier molecular flexibility index (Phi) is 6.22. The van der Waals surface area contributed by atoms with Gasteiger partial charge in [0, 0.05) is 24.6 Å². The average molecular weight is 277 g/mol. The molecule has 0 aliphatic rings. The Bertz CT molecular complexity index is 368. The fourth-order valence-electron chi connectivity index (χ4n) is 2.67. The summed E-state index contributed by atoms with van der Waals surface area (Å²) in [5.74, 6) is 0. The van der Waals surface area contributed by atoms with Crippen LogP contribution in [0.3, 0.4) is 0 Å². The van der Waals surface area contributed by atoms with Crippen LogP contribution in [-0.2, 0) is 0 Å². The molecule has 0 spiro atoms. The highest BCUT2D eigenvalue weighted by molar-refractivity contribution is 5.20. The summed E-state index contributed by atoms with van der Waals surface area (Å²) >= 11 is 0. The van der Waals surface area contributed by atoms with E-state index in [9.17, 15) is 5.11 Å². The van der Waals surface area contributed by atoms with E-state index in [2.05, 4.69) is 70.3 Å². The summed E-state index contributed by atoms with van der Waals surface area (Å²) in [5.41, 5.74) is 1.46. The molecule has 2 heteroatoms. The van der Waals surface area contributed by atoms with Gasteiger partial charge < -0.3 is 10.4 Å². The Morgan fingerprint density at radius 2 is 1.60 bits per heavy atom. The van der Waals surface area contributed by atoms with Crippen LogP contribution in [0.1, 0.15) is 59.1 Å². The number of rotatable bonds is 7. The molecule has 0 radical (unpaired) electrons. The lowest BCUT2D eigenvalue weighted by Gasteiger charge is -2.37. The number of hydrogen-bond donors (Lipinski definition) is 2. The molecule has 0 saturated carbocycles. The van der Waals surface area contributed by atoms with Crippen molar-refractivity contribution in [2.75, 3.05) is 13.2 Å². The number of benzene rings is 1. The summed E-state index contributed by atoms with van der Waals surface area (Å²) in [6.07, 6.45) is 2.00. The molecule has 2 nitrogen and oxygen atoms in total. The van der Waals surface area contributed by atoms with E-state index in [1.165, 1.54) is 5.56 Å². The first kappa shape index (κ1) is 17.2. The molecule has 1 rings (SSSR count). The van der Waals surface area contributed by atoms with Crippen molar-refractivity contribution >= 4 is 0 Å². The zero-order valence-electron chi connectivity index (χ0n) is 13.7. The molecule has 0 fully saturated rings. The summed E-state index contributed by atoms with van der Waals surface area (Å²) in [6.45, 7) is 12.2. The lowest BCUT2D eigenvalue weighted by molar-refractivity contribution is 0.101. The minimum absolute atomic E-state index is 0.00171. The molecule has 1 aromatic carbocycles. The van der Waals surface area contributed by atoms with Crippen LogP contribution in [0.25, 0.3) is 0 Å². The number of aliphatic hydroxyl groups is 1. The van der Waals surface area contributed by atoms with Crippen molar-refractivity contribution in [3.8, 4) is 0 Å². The molecule has 1 aromatic rings. The van der Waals surface area contributed by atoms with E-state index >= 15 is 0 Å². The zero-order valence-corrected chi connectivity index (χ0v) is 13.7. The molecule has 0 amide bonds. The van der Waals surface area contributed by atoms with Crippen LogP contribution in [-0.4, -0.2) is 18.3 Å². The average Bonchev–Trinajstić information content (AvgIpc) is 2.44. The smallest absolute Gasteiger partial charge is 0.0499 e. The van der Waals surface area contributed by atoms with E-state index in [1.807, 2.05) is 0 Å². The maximum atomic E-state index is 9.72. The van der Waals surface area contributed by atoms with Crippen molar-refractivity contribution in [1.29, 1.82) is 0 Å². The predicted octanol–water partition coefficient (Wildman–Crippen LogP) is 4.16. The lowest BCUT2D eigenvalue weighted by Crippen LogP contribution is -2.41. The van der Waals surface area contributed by atoms with Crippen LogP contribution in [0.2, 0.25) is 0 Å². The van der Waals surface area contributed by atoms with Crippen LogP contribution in [0.5, 0.6) is 0 Å². The van der Waals surface area contributed by atoms with Crippen LogP contribution in [0.15, 0.2) is 30.3 Å². The van der Waals surface area contributed by atoms with E-state index in [4.69, 9.17) is 0 Å². The van der Waals surface area contributed by atoms with E-state index in [-0.39, 0.29) is 17.4 Å². The standard InChI is InChI=1S/C18H31NO/c1-6-18(7-2,14-20)13-19-16(17(3,4)5)15-11-9-8-10-12-15/h8-12,16,19-20H,6-7,13-14H2,1-5H3. The number of nitrogens with one attached hydrogen (secondary N) is 1. The lowest BCUT2D eigenvalue weighted by atomic mass is 9.79. The first-order valence-electron chi connectivity index (χ1n) is 7.77. The third-order valence-electron chi connectivity index (χ3n) is 4.52. The van der Waals surface area contributed by atoms with E-state index in [0.29, 0.717) is 6.04 Å². The minimum Gasteiger partial charge on any atom is -0.396 e. The monoisotopic (exact) mass is 277 g/mol. The second-order valence-corrected chi connectivity index (χ2v) is 6.96. The van der Waals surface area contributed by atoms with Gasteiger partial charge in [0.25, 0.3) is 0 Å². The molecule has 1 atom stereocenters. The van der Waals surface area contributed by atoms with Gasteiger partial charge in [-0.15, -0.1) is 0 Å². The highest BCUT2D eigenvalue weighted by Crippen LogP contribution is 2.34. The van der Waals surface area contributed by atoms with Gasteiger partial charge in [0.2, 0.25) is 0 Å². The quantitative estimate of drug-likeness (QED) is 0.784. The van der Waals surface area contributed by atoms with Crippen molar-refractivity contribution in [3.05, 3.63) is 35.9 Å². The molecule has 1 unspecified atom stereocenters. The molecule has 0 aromatic heterocycles. The van der Waals surface area contributed by atoms with Crippen molar-refractivity contribution in [2.24, 2.45) is 10.8 Å². The van der Waals surface area contributed by atoms with E-state index in [0.717, 1.165) is 19.4 Å². The summed E-state index contributed by atoms with van der Waals surface area (Å²) < 4.78 is 0. The molecule has 0 aliphatic carbocycles. The van der Waals surface area contributed by atoms with Gasteiger partial charge >= 0.3 is 0 Å². The molecule has 114 valence electrons. The van der Waals surface area contributed by atoms with Crippen molar-refractivity contribution in [1.82, 2.24) is 5.32 Å². The van der Waals surface area contributed by atoms with Crippen LogP contribution in [0, 0.1) is 10.8 Å². The highest BCUT2D eigenvalue weighted by Gasteiger charge is 2.30. The van der Waals surface area contributed by atoms with Gasteiger partial charge in [0.15, 0.2) is 0 Å². The normalized spacial score (nSPS) is 14.3. The molecule has 0 bridgehead atoms. The Labute approximate surface area is 124 Å². The largest absolute Gasteiger partial charge is 0.396 e. The van der Waals surface area contributed by atoms with E-state index in [1.54, 1.807) is 0 Å². The van der Waals surface area contributed by atoms with Crippen LogP contribution >= 0.6 is 0 Å². The number of hydrogen-bond acceptors (Lipinski definition) is 2. The van der Waals surface area contributed by atoms with Crippen molar-refractivity contribution < 1.29 is 5.11 Å². The maximum absolute atomic E-state index is 9.72. The summed E-state index contributed by atoms with van der Waals surface area (Å²) in [5, 5.41) is 13.4. The number of aliphatic hydroxyl groups excluding tert-OH is 1. The third kappa shape index (κ3) is 4.32. The first-order valence-corrected chi connectivity index (χ1v) is 7.77. The molecular weight excluding hydrogens is 246 g/mol. The van der Waals surface area contributed by atoms with Gasteiger partial charge in [0.1, 0.15) is 0 Å². The predicted molar refractivity (Wildman–Crippen MR) is 86.7 cm³/mol. The summed E-state index contributed by atoms with van der Waals surface area (Å²) in [7, 11) is 0. The molecule has 2 N–H and O–H groups in total. The molecular formula is C18H31NO. The van der Waals surface area contributed by atoms with Gasteiger partial charge in [-0.3, -0.25) is 0 Å². The zero-order chi connectivity index (χ0) is 15.2. The summed E-state index contributed by atoms with van der Waals surface area (Å²) in [6, 6.07) is 10.9. The van der Waals surface area contributed by atoms with Gasteiger partial charge in [-0.05, 0) is 23.8 Å². The Morgan fingerprint density at radius 3 is 2.00 bits per heavy atom. The second kappa shape index (κ2) is 7.24. The maximum Gasteiger partial charge on any atom is 0.0499 e.